The molecular formula is C32H34N12O4. The first-order valence-corrected chi connectivity index (χ1v) is 15.4. The van der Waals surface area contributed by atoms with Crippen LogP contribution < -0.4 is 10.6 Å². The fraction of sp³-hybridized carbons (Fsp3) is 0.312. The number of nitrogens with one attached hydrogen (secondary N) is 2. The van der Waals surface area contributed by atoms with Gasteiger partial charge in [-0.1, -0.05) is 60.7 Å². The number of aliphatic hydroxyl groups is 1. The molecule has 1 saturated heterocycles. The number of carbonyl (C=O) groups is 1. The highest BCUT2D eigenvalue weighted by atomic mass is 16.6. The number of ether oxygens (including phenoxy) is 2. The van der Waals surface area contributed by atoms with Gasteiger partial charge < -0.3 is 29.8 Å². The van der Waals surface area contributed by atoms with Crippen molar-refractivity contribution < 1.29 is 19.4 Å². The third-order valence-electron chi connectivity index (χ3n) is 8.20. The van der Waals surface area contributed by atoms with Gasteiger partial charge in [-0.2, -0.15) is 14.8 Å². The second-order valence-electron chi connectivity index (χ2n) is 11.5. The van der Waals surface area contributed by atoms with Crippen molar-refractivity contribution in [1.29, 1.82) is 0 Å². The molecule has 1 aliphatic heterocycles. The lowest BCUT2D eigenvalue weighted by Crippen LogP contribution is -2.31. The largest absolute Gasteiger partial charge is 0.458 e. The number of rotatable bonds is 13. The number of carbonyl (C=O) groups excluding carboxylic acids is 1. The van der Waals surface area contributed by atoms with Gasteiger partial charge in [-0.05, 0) is 16.3 Å². The smallest absolute Gasteiger partial charge is 0.293 e. The summed E-state index contributed by atoms with van der Waals surface area (Å²) < 4.78 is 15.0. The summed E-state index contributed by atoms with van der Waals surface area (Å²) in [6.45, 7) is 1.29. The number of hydrogen-bond acceptors (Lipinski definition) is 13. The van der Waals surface area contributed by atoms with Crippen LogP contribution >= 0.6 is 0 Å². The molecule has 0 aliphatic carbocycles. The predicted molar refractivity (Wildman–Crippen MR) is 173 cm³/mol. The summed E-state index contributed by atoms with van der Waals surface area (Å²) in [6, 6.07) is 20.5. The van der Waals surface area contributed by atoms with Crippen LogP contribution in [0, 0.1) is 0 Å². The van der Waals surface area contributed by atoms with E-state index in [1.807, 2.05) is 54.2 Å². The maximum atomic E-state index is 11.4. The highest BCUT2D eigenvalue weighted by molar-refractivity contribution is 5.84. The van der Waals surface area contributed by atoms with E-state index in [1.54, 1.807) is 17.9 Å². The van der Waals surface area contributed by atoms with Gasteiger partial charge in [0.2, 0.25) is 11.8 Å². The maximum Gasteiger partial charge on any atom is 0.293 e. The van der Waals surface area contributed by atoms with Crippen molar-refractivity contribution in [2.45, 2.75) is 36.9 Å². The Kier molecular flexibility index (Phi) is 8.72. The third-order valence-corrected chi connectivity index (χ3v) is 8.20. The van der Waals surface area contributed by atoms with Crippen LogP contribution in [-0.4, -0.2) is 86.2 Å². The van der Waals surface area contributed by atoms with E-state index in [9.17, 15) is 9.90 Å². The topological polar surface area (TPSA) is 185 Å². The van der Waals surface area contributed by atoms with Gasteiger partial charge in [0.25, 0.3) is 6.47 Å². The third kappa shape index (κ3) is 6.30. The van der Waals surface area contributed by atoms with E-state index in [2.05, 4.69) is 60.3 Å². The lowest BCUT2D eigenvalue weighted by Gasteiger charge is -2.20. The molecule has 48 heavy (non-hydrogen) atoms. The molecule has 0 bridgehead atoms. The average molecular weight is 651 g/mol. The van der Waals surface area contributed by atoms with E-state index in [0.29, 0.717) is 42.4 Å². The molecule has 0 saturated carbocycles. The summed E-state index contributed by atoms with van der Waals surface area (Å²) in [5.74, 6) is 1.02. The van der Waals surface area contributed by atoms with Gasteiger partial charge in [-0.25, -0.2) is 9.97 Å². The van der Waals surface area contributed by atoms with E-state index in [0.717, 1.165) is 16.8 Å². The molecule has 3 N–H and O–H groups in total. The zero-order chi connectivity index (χ0) is 33.0. The average Bonchev–Trinajstić information content (AvgIpc) is 3.90. The number of anilines is 2. The van der Waals surface area contributed by atoms with Crippen LogP contribution in [0.15, 0.2) is 79.5 Å². The number of aryl methyl sites for hydroxylation is 2. The number of fused-ring (bicyclic) bond motifs is 1. The Morgan fingerprint density at radius 3 is 2.40 bits per heavy atom. The van der Waals surface area contributed by atoms with Gasteiger partial charge in [-0.15, -0.1) is 10.2 Å². The molecular weight excluding hydrogens is 616 g/mol. The molecule has 16 heteroatoms. The fourth-order valence-corrected chi connectivity index (χ4v) is 5.92. The molecule has 4 atom stereocenters. The van der Waals surface area contributed by atoms with Gasteiger partial charge in [0.05, 0.1) is 25.4 Å². The Labute approximate surface area is 274 Å². The molecule has 1 aliphatic rings. The number of imidazole rings is 2. The molecule has 1 fully saturated rings. The lowest BCUT2D eigenvalue weighted by atomic mass is 9.91. The van der Waals surface area contributed by atoms with E-state index < -0.39 is 24.5 Å². The van der Waals surface area contributed by atoms with Gasteiger partial charge in [0.1, 0.15) is 6.10 Å². The Balaban J connectivity index is 1.23. The first kappa shape index (κ1) is 30.9. The van der Waals surface area contributed by atoms with Crippen LogP contribution in [0.4, 0.5) is 11.8 Å². The monoisotopic (exact) mass is 650 g/mol. The van der Waals surface area contributed by atoms with Crippen molar-refractivity contribution in [2.24, 2.45) is 14.1 Å². The Hall–Kier alpha value is -5.74. The predicted octanol–water partition coefficient (Wildman–Crippen LogP) is 2.15. The summed E-state index contributed by atoms with van der Waals surface area (Å²) in [4.78, 5) is 31.3. The van der Waals surface area contributed by atoms with Gasteiger partial charge in [-0.3, -0.25) is 9.36 Å². The summed E-state index contributed by atoms with van der Waals surface area (Å²) >= 11 is 0. The fourth-order valence-electron chi connectivity index (χ4n) is 5.92. The highest BCUT2D eigenvalue weighted by Crippen LogP contribution is 2.40. The van der Waals surface area contributed by atoms with E-state index in [-0.39, 0.29) is 18.2 Å². The van der Waals surface area contributed by atoms with Crippen LogP contribution in [0.5, 0.6) is 0 Å². The number of benzene rings is 2. The van der Waals surface area contributed by atoms with Crippen molar-refractivity contribution >= 4 is 29.4 Å². The minimum atomic E-state index is -1.30. The van der Waals surface area contributed by atoms with Crippen LogP contribution in [-0.2, 0) is 34.8 Å². The second kappa shape index (κ2) is 13.5. The SMILES string of the molecule is Cn1cnc(CCNc2nc(NCC(c3ccccc3)c3ccccc3)c3ncn([C@@H]4O[C@H](c5nnn(C)n5)[C@@H](OC=O)[C@H]4O)c3n2)c1. The number of aliphatic hydroxyl groups excluding tert-OH is 1. The second-order valence-corrected chi connectivity index (χ2v) is 11.5. The Morgan fingerprint density at radius 2 is 1.75 bits per heavy atom. The van der Waals surface area contributed by atoms with Crippen molar-refractivity contribution in [2.75, 3.05) is 23.7 Å². The molecule has 7 rings (SSSR count). The normalized spacial score (nSPS) is 19.2. The molecule has 246 valence electrons. The molecule has 16 nitrogen and oxygen atoms in total. The number of hydrogen-bond donors (Lipinski definition) is 3. The number of tetrazole rings is 1. The molecule has 2 aromatic carbocycles. The number of nitrogens with zero attached hydrogens (tertiary/aromatic N) is 10. The minimum Gasteiger partial charge on any atom is -0.458 e. The van der Waals surface area contributed by atoms with Crippen LogP contribution in [0.1, 0.15) is 40.9 Å². The van der Waals surface area contributed by atoms with Crippen LogP contribution in [0.3, 0.4) is 0 Å². The molecule has 4 aromatic heterocycles. The quantitative estimate of drug-likeness (QED) is 0.155. The zero-order valence-electron chi connectivity index (χ0n) is 26.2. The molecule has 5 heterocycles. The first-order valence-electron chi connectivity index (χ1n) is 15.4. The van der Waals surface area contributed by atoms with Crippen molar-refractivity contribution in [3.05, 3.63) is 102 Å². The van der Waals surface area contributed by atoms with Gasteiger partial charge in [0.15, 0.2) is 35.4 Å². The zero-order valence-corrected chi connectivity index (χ0v) is 26.2. The minimum absolute atomic E-state index is 0.0153. The van der Waals surface area contributed by atoms with E-state index in [4.69, 9.17) is 19.4 Å². The molecule has 6 aromatic rings. The molecule has 0 amide bonds. The Morgan fingerprint density at radius 1 is 1.00 bits per heavy atom. The molecule has 0 unspecified atom stereocenters. The van der Waals surface area contributed by atoms with Crippen LogP contribution in [0.25, 0.3) is 11.2 Å². The molecule has 0 spiro atoms. The summed E-state index contributed by atoms with van der Waals surface area (Å²) in [5, 5.41) is 30.3. The van der Waals surface area contributed by atoms with Gasteiger partial charge >= 0.3 is 0 Å². The van der Waals surface area contributed by atoms with E-state index >= 15 is 0 Å². The van der Waals surface area contributed by atoms with E-state index in [1.165, 1.54) is 11.1 Å². The standard InChI is InChI=1S/C32H34N12O4/c1-42-16-22(35-17-42)13-14-33-32-37-28(34-15-23(20-9-5-3-6-10-20)21-11-7-4-8-12-21)24-30(38-32)44(18-36-24)31-25(46)26(47-19-45)27(48-31)29-39-41-43(2)40-29/h3-12,16-19,23,25-27,31,46H,13-15H2,1-2H3,(H2,33,34,37,38)/t25-,26+,27+,31-/m1/s1. The highest BCUT2D eigenvalue weighted by Gasteiger charge is 2.49. The van der Waals surface area contributed by atoms with Crippen molar-refractivity contribution in [1.82, 2.24) is 49.3 Å². The first-order chi connectivity index (χ1) is 23.5. The van der Waals surface area contributed by atoms with Gasteiger partial charge in [0, 0.05) is 38.7 Å². The summed E-state index contributed by atoms with van der Waals surface area (Å²) in [7, 11) is 3.53. The Bertz CT molecular complexity index is 1940. The lowest BCUT2D eigenvalue weighted by molar-refractivity contribution is -0.140. The summed E-state index contributed by atoms with van der Waals surface area (Å²) in [6.07, 6.45) is 1.47. The van der Waals surface area contributed by atoms with Crippen molar-refractivity contribution in [3.8, 4) is 0 Å². The van der Waals surface area contributed by atoms with Crippen LogP contribution in [0.2, 0.25) is 0 Å². The molecule has 0 radical (unpaired) electrons. The summed E-state index contributed by atoms with van der Waals surface area (Å²) in [5.41, 5.74) is 4.08. The number of aromatic nitrogens is 10. The maximum absolute atomic E-state index is 11.4. The van der Waals surface area contributed by atoms with Crippen molar-refractivity contribution in [3.63, 3.8) is 0 Å².